The van der Waals surface area contributed by atoms with Crippen molar-refractivity contribution < 1.29 is 9.84 Å². The zero-order valence-corrected chi connectivity index (χ0v) is 12.3. The van der Waals surface area contributed by atoms with E-state index in [9.17, 15) is 5.11 Å². The predicted octanol–water partition coefficient (Wildman–Crippen LogP) is 3.91. The first-order chi connectivity index (χ1) is 9.60. The van der Waals surface area contributed by atoms with Gasteiger partial charge in [0.05, 0.1) is 7.11 Å². The van der Waals surface area contributed by atoms with Crippen molar-refractivity contribution >= 4 is 11.6 Å². The Kier molecular flexibility index (Phi) is 4.88. The van der Waals surface area contributed by atoms with E-state index in [4.69, 9.17) is 16.3 Å². The Hall–Kier alpha value is -1.71. The zero-order valence-electron chi connectivity index (χ0n) is 11.6. The molecular formula is C16H18ClNO2. The molecule has 0 aliphatic heterocycles. The van der Waals surface area contributed by atoms with E-state index in [-0.39, 0.29) is 11.8 Å². The van der Waals surface area contributed by atoms with E-state index < -0.39 is 0 Å². The number of methoxy groups -OCH3 is 1. The molecule has 0 aliphatic rings. The van der Waals surface area contributed by atoms with Gasteiger partial charge in [-0.05, 0) is 42.8 Å². The van der Waals surface area contributed by atoms with Gasteiger partial charge in [0, 0.05) is 23.2 Å². The Balaban J connectivity index is 2.06. The summed E-state index contributed by atoms with van der Waals surface area (Å²) in [6.07, 6.45) is 0. The molecule has 0 bridgehead atoms. The van der Waals surface area contributed by atoms with Crippen LogP contribution in [0.1, 0.15) is 24.1 Å². The third-order valence-corrected chi connectivity index (χ3v) is 3.44. The Morgan fingerprint density at radius 3 is 2.75 bits per heavy atom. The number of nitrogens with one attached hydrogen (secondary N) is 1. The smallest absolute Gasteiger partial charge is 0.120 e. The van der Waals surface area contributed by atoms with E-state index in [1.54, 1.807) is 19.2 Å². The van der Waals surface area contributed by atoms with E-state index >= 15 is 0 Å². The van der Waals surface area contributed by atoms with Gasteiger partial charge < -0.3 is 15.2 Å². The lowest BCUT2D eigenvalue weighted by molar-refractivity contribution is 0.407. The van der Waals surface area contributed by atoms with Crippen LogP contribution in [0, 0.1) is 0 Å². The molecule has 2 aromatic carbocycles. The van der Waals surface area contributed by atoms with Crippen molar-refractivity contribution in [2.24, 2.45) is 0 Å². The number of aromatic hydroxyl groups is 1. The maximum atomic E-state index is 9.93. The van der Waals surface area contributed by atoms with Crippen molar-refractivity contribution in [3.63, 3.8) is 0 Å². The van der Waals surface area contributed by atoms with Crippen molar-refractivity contribution in [1.82, 2.24) is 5.32 Å². The fourth-order valence-corrected chi connectivity index (χ4v) is 2.25. The molecule has 1 atom stereocenters. The van der Waals surface area contributed by atoms with E-state index in [1.807, 2.05) is 37.3 Å². The van der Waals surface area contributed by atoms with Gasteiger partial charge >= 0.3 is 0 Å². The first-order valence-corrected chi connectivity index (χ1v) is 6.82. The van der Waals surface area contributed by atoms with Gasteiger partial charge in [-0.1, -0.05) is 23.7 Å². The highest BCUT2D eigenvalue weighted by molar-refractivity contribution is 6.30. The second-order valence-electron chi connectivity index (χ2n) is 4.66. The molecule has 2 N–H and O–H groups in total. The fraction of sp³-hybridized carbons (Fsp3) is 0.250. The first-order valence-electron chi connectivity index (χ1n) is 6.45. The maximum Gasteiger partial charge on any atom is 0.120 e. The van der Waals surface area contributed by atoms with Crippen LogP contribution in [0.3, 0.4) is 0 Å². The average molecular weight is 292 g/mol. The molecule has 0 spiro atoms. The van der Waals surface area contributed by atoms with Crippen molar-refractivity contribution in [1.29, 1.82) is 0 Å². The molecule has 2 aromatic rings. The first kappa shape index (κ1) is 14.7. The Morgan fingerprint density at radius 2 is 2.05 bits per heavy atom. The van der Waals surface area contributed by atoms with Gasteiger partial charge in [-0.3, -0.25) is 0 Å². The standard InChI is InChI=1S/C16H18ClNO2/c1-11(15-9-14(20-2)6-7-16(15)19)18-10-12-4-3-5-13(17)8-12/h3-9,11,18-19H,10H2,1-2H3. The largest absolute Gasteiger partial charge is 0.508 e. The van der Waals surface area contributed by atoms with Crippen molar-refractivity contribution in [3.8, 4) is 11.5 Å². The van der Waals surface area contributed by atoms with Gasteiger partial charge in [-0.25, -0.2) is 0 Å². The third kappa shape index (κ3) is 3.65. The summed E-state index contributed by atoms with van der Waals surface area (Å²) in [4.78, 5) is 0. The molecule has 0 saturated carbocycles. The average Bonchev–Trinajstić information content (AvgIpc) is 2.45. The molecule has 0 aliphatic carbocycles. The second-order valence-corrected chi connectivity index (χ2v) is 5.09. The summed E-state index contributed by atoms with van der Waals surface area (Å²) >= 11 is 5.96. The Morgan fingerprint density at radius 1 is 1.25 bits per heavy atom. The molecule has 0 amide bonds. The van der Waals surface area contributed by atoms with E-state index in [0.717, 1.165) is 21.9 Å². The highest BCUT2D eigenvalue weighted by Crippen LogP contribution is 2.28. The summed E-state index contributed by atoms with van der Waals surface area (Å²) in [5.74, 6) is 0.992. The molecule has 0 radical (unpaired) electrons. The fourth-order valence-electron chi connectivity index (χ4n) is 2.03. The minimum absolute atomic E-state index is 0.00378. The molecule has 4 heteroatoms. The van der Waals surface area contributed by atoms with E-state index in [2.05, 4.69) is 5.32 Å². The number of phenols is 1. The number of benzene rings is 2. The molecule has 0 aromatic heterocycles. The van der Waals surface area contributed by atoms with Crippen LogP contribution in [0.4, 0.5) is 0 Å². The molecule has 0 fully saturated rings. The summed E-state index contributed by atoms with van der Waals surface area (Å²) in [5, 5.41) is 14.0. The van der Waals surface area contributed by atoms with Crippen LogP contribution in [0.25, 0.3) is 0 Å². The Bertz CT molecular complexity index is 586. The van der Waals surface area contributed by atoms with Crippen LogP contribution < -0.4 is 10.1 Å². The van der Waals surface area contributed by atoms with Gasteiger partial charge in [-0.15, -0.1) is 0 Å². The molecule has 0 saturated heterocycles. The highest BCUT2D eigenvalue weighted by atomic mass is 35.5. The van der Waals surface area contributed by atoms with Crippen LogP contribution in [0.15, 0.2) is 42.5 Å². The lowest BCUT2D eigenvalue weighted by Crippen LogP contribution is -2.18. The van der Waals surface area contributed by atoms with Crippen molar-refractivity contribution in [2.75, 3.05) is 7.11 Å². The van der Waals surface area contributed by atoms with Crippen LogP contribution in [-0.4, -0.2) is 12.2 Å². The summed E-state index contributed by atoms with van der Waals surface area (Å²) in [6, 6.07) is 12.9. The van der Waals surface area contributed by atoms with Gasteiger partial charge in [0.2, 0.25) is 0 Å². The van der Waals surface area contributed by atoms with Gasteiger partial charge in [-0.2, -0.15) is 0 Å². The third-order valence-electron chi connectivity index (χ3n) is 3.20. The molecule has 1 unspecified atom stereocenters. The number of hydrogen-bond donors (Lipinski definition) is 2. The van der Waals surface area contributed by atoms with Crippen LogP contribution in [-0.2, 0) is 6.54 Å². The van der Waals surface area contributed by atoms with Crippen LogP contribution in [0.5, 0.6) is 11.5 Å². The molecule has 106 valence electrons. The summed E-state index contributed by atoms with van der Waals surface area (Å²) in [7, 11) is 1.61. The number of rotatable bonds is 5. The van der Waals surface area contributed by atoms with Gasteiger partial charge in [0.1, 0.15) is 11.5 Å². The SMILES string of the molecule is COc1ccc(O)c(C(C)NCc2cccc(Cl)c2)c1. The number of halogens is 1. The highest BCUT2D eigenvalue weighted by Gasteiger charge is 2.11. The summed E-state index contributed by atoms with van der Waals surface area (Å²) in [6.45, 7) is 2.68. The quantitative estimate of drug-likeness (QED) is 0.878. The van der Waals surface area contributed by atoms with E-state index in [1.165, 1.54) is 0 Å². The van der Waals surface area contributed by atoms with E-state index in [0.29, 0.717) is 6.54 Å². The number of phenolic OH excluding ortho intramolecular Hbond substituents is 1. The summed E-state index contributed by atoms with van der Waals surface area (Å²) < 4.78 is 5.18. The Labute approximate surface area is 124 Å². The number of ether oxygens (including phenoxy) is 1. The molecular weight excluding hydrogens is 274 g/mol. The zero-order chi connectivity index (χ0) is 14.5. The van der Waals surface area contributed by atoms with Crippen molar-refractivity contribution in [2.45, 2.75) is 19.5 Å². The second kappa shape index (κ2) is 6.64. The molecule has 20 heavy (non-hydrogen) atoms. The normalized spacial score (nSPS) is 12.2. The maximum absolute atomic E-state index is 9.93. The lowest BCUT2D eigenvalue weighted by atomic mass is 10.1. The van der Waals surface area contributed by atoms with Crippen LogP contribution >= 0.6 is 11.6 Å². The lowest BCUT2D eigenvalue weighted by Gasteiger charge is -2.16. The summed E-state index contributed by atoms with van der Waals surface area (Å²) in [5.41, 5.74) is 1.91. The minimum Gasteiger partial charge on any atom is -0.508 e. The van der Waals surface area contributed by atoms with Crippen molar-refractivity contribution in [3.05, 3.63) is 58.6 Å². The molecule has 3 nitrogen and oxygen atoms in total. The topological polar surface area (TPSA) is 41.5 Å². The molecule has 0 heterocycles. The predicted molar refractivity (Wildman–Crippen MR) is 81.4 cm³/mol. The molecule has 2 rings (SSSR count). The number of hydrogen-bond acceptors (Lipinski definition) is 3. The monoisotopic (exact) mass is 291 g/mol. The van der Waals surface area contributed by atoms with Crippen LogP contribution in [0.2, 0.25) is 5.02 Å². The minimum atomic E-state index is 0.00378. The van der Waals surface area contributed by atoms with Gasteiger partial charge in [0.25, 0.3) is 0 Å². The van der Waals surface area contributed by atoms with Gasteiger partial charge in [0.15, 0.2) is 0 Å².